The summed E-state index contributed by atoms with van der Waals surface area (Å²) in [5.41, 5.74) is 5.46. The fraction of sp³-hybridized carbons (Fsp3) is 0.250. The Kier molecular flexibility index (Phi) is 9.06. The predicted molar refractivity (Wildman–Crippen MR) is 117 cm³/mol. The maximum absolute atomic E-state index is 5.46. The summed E-state index contributed by atoms with van der Waals surface area (Å²) in [5.74, 6) is 0.869. The molecule has 1 unspecified atom stereocenters. The number of hydrogen-bond donors (Lipinski definition) is 0. The van der Waals surface area contributed by atoms with Crippen LogP contribution in [0, 0.1) is 0 Å². The number of para-hydroxylation sites is 1. The van der Waals surface area contributed by atoms with E-state index in [2.05, 4.69) is 69.4 Å². The third-order valence-corrected chi connectivity index (χ3v) is 10.6. The van der Waals surface area contributed by atoms with Crippen LogP contribution in [-0.4, -0.2) is 6.66 Å². The van der Waals surface area contributed by atoms with Crippen LogP contribution in [0.15, 0.2) is 84.2 Å². The van der Waals surface area contributed by atoms with Crippen LogP contribution in [0.1, 0.15) is 36.1 Å². The molecule has 0 amide bonds. The van der Waals surface area contributed by atoms with Crippen LogP contribution >= 0.6 is 0 Å². The van der Waals surface area contributed by atoms with Gasteiger partial charge in [0.1, 0.15) is 5.75 Å². The Morgan fingerprint density at radius 3 is 2.30 bits per heavy atom. The molecule has 3 heteroatoms. The van der Waals surface area contributed by atoms with Gasteiger partial charge in [-0.25, -0.2) is 0 Å². The quantitative estimate of drug-likeness (QED) is 0.301. The summed E-state index contributed by atoms with van der Waals surface area (Å²) in [6, 6.07) is 18.6. The average molecular weight is 410 g/mol. The van der Waals surface area contributed by atoms with E-state index in [0.29, 0.717) is 18.4 Å². The number of fused-ring (bicyclic) bond motifs is 1. The molecule has 1 atom stereocenters. The van der Waals surface area contributed by atoms with E-state index in [1.807, 2.05) is 37.3 Å². The molecule has 1 aliphatic carbocycles. The summed E-state index contributed by atoms with van der Waals surface area (Å²) >= 11 is 0.290. The Balaban J connectivity index is 0.000000194. The van der Waals surface area contributed by atoms with Crippen LogP contribution < -0.4 is 4.74 Å². The number of benzene rings is 2. The zero-order chi connectivity index (χ0) is 19.6. The standard InChI is InChI=1S/C13H16O.C9H7.C2H7Si.Ti/c1-11(2)9-12(3)10-14-13-7-5-4-6-8-13;1-2-5-9-7-3-6-8(9)4-1;1-3-2;/h4-10H,1-3H3;1-7H;3H,1-2H3;. The van der Waals surface area contributed by atoms with Crippen LogP contribution in [0.5, 0.6) is 5.75 Å². The zero-order valence-electron chi connectivity index (χ0n) is 17.1. The van der Waals surface area contributed by atoms with Gasteiger partial charge in [-0.1, -0.05) is 29.8 Å². The molecule has 3 rings (SSSR count). The molecule has 0 heterocycles. The van der Waals surface area contributed by atoms with Crippen molar-refractivity contribution in [3.05, 3.63) is 95.3 Å². The van der Waals surface area contributed by atoms with Gasteiger partial charge in [-0.3, -0.25) is 0 Å². The van der Waals surface area contributed by atoms with Gasteiger partial charge in [-0.2, -0.15) is 0 Å². The van der Waals surface area contributed by atoms with Gasteiger partial charge in [0.15, 0.2) is 0 Å². The fourth-order valence-corrected chi connectivity index (χ4v) is 9.20. The summed E-state index contributed by atoms with van der Waals surface area (Å²) in [6.07, 6.45) is 8.59. The minimum absolute atomic E-state index is 0.290. The summed E-state index contributed by atoms with van der Waals surface area (Å²) in [6.45, 7) is 10.8. The summed E-state index contributed by atoms with van der Waals surface area (Å²) < 4.78 is 6.31. The average Bonchev–Trinajstić information content (AvgIpc) is 3.03. The van der Waals surface area contributed by atoms with Crippen molar-refractivity contribution in [2.24, 2.45) is 0 Å². The predicted octanol–water partition coefficient (Wildman–Crippen LogP) is 6.76. The van der Waals surface area contributed by atoms with Crippen LogP contribution in [-0.2, 0) is 18.4 Å². The third kappa shape index (κ3) is 7.88. The summed E-state index contributed by atoms with van der Waals surface area (Å²) in [4.78, 5) is 0. The number of allylic oxidation sites excluding steroid dienone is 4. The van der Waals surface area contributed by atoms with Crippen molar-refractivity contribution in [3.63, 3.8) is 0 Å². The molecule has 140 valence electrons. The van der Waals surface area contributed by atoms with Crippen molar-refractivity contribution >= 4 is 12.7 Å². The van der Waals surface area contributed by atoms with Crippen molar-refractivity contribution in [2.75, 3.05) is 0 Å². The summed E-state index contributed by atoms with van der Waals surface area (Å²) in [5, 5.41) is 0. The molecule has 0 radical (unpaired) electrons. The SMILES string of the molecule is CC(C)=CC(C)=COc1ccccc1.C[SiH](C)[Ti][CH]1C=Cc2ccccc21. The molecule has 0 fully saturated rings. The number of hydrogen-bond acceptors (Lipinski definition) is 1. The Morgan fingerprint density at radius 1 is 0.963 bits per heavy atom. The van der Waals surface area contributed by atoms with E-state index in [0.717, 1.165) is 15.5 Å². The van der Waals surface area contributed by atoms with E-state index in [1.54, 1.807) is 11.8 Å². The third-order valence-electron chi connectivity index (χ3n) is 3.95. The molecule has 0 saturated carbocycles. The number of rotatable bonds is 5. The zero-order valence-corrected chi connectivity index (χ0v) is 19.8. The molecule has 2 aromatic carbocycles. The van der Waals surface area contributed by atoms with Crippen LogP contribution in [0.4, 0.5) is 0 Å². The van der Waals surface area contributed by atoms with Crippen molar-refractivity contribution in [1.29, 1.82) is 0 Å². The number of ether oxygens (including phenoxy) is 1. The van der Waals surface area contributed by atoms with Crippen molar-refractivity contribution in [2.45, 2.75) is 38.1 Å². The topological polar surface area (TPSA) is 9.23 Å². The van der Waals surface area contributed by atoms with Crippen molar-refractivity contribution in [3.8, 4) is 5.75 Å². The molecule has 0 bridgehead atoms. The van der Waals surface area contributed by atoms with Gasteiger partial charge in [0, 0.05) is 0 Å². The monoisotopic (exact) mass is 410 g/mol. The molecular weight excluding hydrogens is 380 g/mol. The van der Waals surface area contributed by atoms with E-state index in [9.17, 15) is 0 Å². The van der Waals surface area contributed by atoms with Crippen LogP contribution in [0.25, 0.3) is 6.08 Å². The second-order valence-electron chi connectivity index (χ2n) is 7.30. The first-order valence-electron chi connectivity index (χ1n) is 9.52. The first-order valence-corrected chi connectivity index (χ1v) is 16.0. The molecule has 0 aliphatic heterocycles. The molecule has 27 heavy (non-hydrogen) atoms. The second-order valence-corrected chi connectivity index (χ2v) is 17.9. The molecule has 0 spiro atoms. The van der Waals surface area contributed by atoms with E-state index in [4.69, 9.17) is 4.74 Å². The van der Waals surface area contributed by atoms with Crippen LogP contribution in [0.3, 0.4) is 0 Å². The van der Waals surface area contributed by atoms with Crippen LogP contribution in [0.2, 0.25) is 13.1 Å². The van der Waals surface area contributed by atoms with Gasteiger partial charge in [0.2, 0.25) is 0 Å². The maximum atomic E-state index is 5.46. The minimum atomic E-state index is -0.309. The first kappa shape index (κ1) is 21.7. The van der Waals surface area contributed by atoms with E-state index < -0.39 is 0 Å². The van der Waals surface area contributed by atoms with Crippen molar-refractivity contribution in [1.82, 2.24) is 0 Å². The van der Waals surface area contributed by atoms with E-state index in [1.165, 1.54) is 11.1 Å². The van der Waals surface area contributed by atoms with Gasteiger partial charge in [0.25, 0.3) is 0 Å². The Morgan fingerprint density at radius 2 is 1.63 bits per heavy atom. The van der Waals surface area contributed by atoms with E-state index >= 15 is 0 Å². The van der Waals surface area contributed by atoms with Gasteiger partial charge in [0.05, 0.1) is 6.26 Å². The molecule has 0 aromatic heterocycles. The molecular formula is C24H30OSiTi. The van der Waals surface area contributed by atoms with E-state index in [-0.39, 0.29) is 6.66 Å². The van der Waals surface area contributed by atoms with Gasteiger partial charge >= 0.3 is 89.9 Å². The normalized spacial score (nSPS) is 14.9. The van der Waals surface area contributed by atoms with Gasteiger partial charge < -0.3 is 4.74 Å². The summed E-state index contributed by atoms with van der Waals surface area (Å²) in [7, 11) is 0. The Hall–Kier alpha value is -1.61. The molecule has 0 saturated heterocycles. The van der Waals surface area contributed by atoms with Gasteiger partial charge in [-0.05, 0) is 38.5 Å². The molecule has 2 aromatic rings. The Bertz CT molecular complexity index is 802. The van der Waals surface area contributed by atoms with Gasteiger partial charge in [-0.15, -0.1) is 0 Å². The molecule has 1 aliphatic rings. The van der Waals surface area contributed by atoms with Crippen molar-refractivity contribution < 1.29 is 23.1 Å². The fourth-order valence-electron chi connectivity index (χ4n) is 2.90. The molecule has 0 N–H and O–H groups in total. The Labute approximate surface area is 174 Å². The first-order chi connectivity index (χ1) is 13.0. The molecule has 1 nitrogen and oxygen atoms in total. The second kappa shape index (κ2) is 11.3.